The molecule has 0 fully saturated rings. The highest BCUT2D eigenvalue weighted by molar-refractivity contribution is 14.1. The van der Waals surface area contributed by atoms with Gasteiger partial charge in [-0.25, -0.2) is 0 Å². The molecule has 0 saturated carbocycles. The normalized spacial score (nSPS) is 11.1. The van der Waals surface area contributed by atoms with Crippen molar-refractivity contribution in [2.24, 2.45) is 0 Å². The summed E-state index contributed by atoms with van der Waals surface area (Å²) in [5.74, 6) is -1.72. The molecule has 156 valence electrons. The standard InChI is InChI=1S/C15H18I3N3O6S/c1-7(22)20(3)13-10(16)9(15(24)19-5-6-28(25,26)27)11(17)14(12(13)18)21(4)8(2)23/h5-6H2,1-4H3,(H,19,24)(H,25,26,27). The molecule has 0 aliphatic heterocycles. The largest absolute Gasteiger partial charge is 0.351 e. The molecule has 0 unspecified atom stereocenters. The Morgan fingerprint density at radius 3 is 1.64 bits per heavy atom. The number of amides is 3. The van der Waals surface area contributed by atoms with E-state index < -0.39 is 21.8 Å². The molecule has 1 aromatic carbocycles. The van der Waals surface area contributed by atoms with E-state index in [0.717, 1.165) is 0 Å². The number of benzene rings is 1. The summed E-state index contributed by atoms with van der Waals surface area (Å²) in [5.41, 5.74) is 1.15. The molecular weight excluding hydrogens is 731 g/mol. The Kier molecular flexibility index (Phi) is 9.35. The topological polar surface area (TPSA) is 124 Å². The van der Waals surface area contributed by atoms with Crippen molar-refractivity contribution in [2.45, 2.75) is 13.8 Å². The highest BCUT2D eigenvalue weighted by Crippen LogP contribution is 2.41. The zero-order valence-electron chi connectivity index (χ0n) is 15.3. The number of carbonyl (C=O) groups is 3. The van der Waals surface area contributed by atoms with Crippen LogP contribution in [-0.4, -0.2) is 57.1 Å². The fourth-order valence-electron chi connectivity index (χ4n) is 2.12. The molecule has 9 nitrogen and oxygen atoms in total. The summed E-state index contributed by atoms with van der Waals surface area (Å²) in [6, 6.07) is 0. The Balaban J connectivity index is 3.64. The first-order valence-electron chi connectivity index (χ1n) is 7.63. The molecule has 1 rings (SSSR count). The molecule has 2 N–H and O–H groups in total. The quantitative estimate of drug-likeness (QED) is 0.340. The fraction of sp³-hybridized carbons (Fsp3) is 0.400. The second-order valence-electron chi connectivity index (χ2n) is 5.71. The molecule has 0 spiro atoms. The van der Waals surface area contributed by atoms with Gasteiger partial charge in [0.1, 0.15) is 0 Å². The zero-order chi connectivity index (χ0) is 22.0. The SMILES string of the molecule is CC(=O)N(C)c1c(I)c(C(=O)NCCS(=O)(=O)O)c(I)c(N(C)C(C)=O)c1I. The van der Waals surface area contributed by atoms with Crippen LogP contribution in [0.1, 0.15) is 24.2 Å². The first-order chi connectivity index (χ1) is 12.7. The van der Waals surface area contributed by atoms with Gasteiger partial charge in [0.05, 0.1) is 33.4 Å². The van der Waals surface area contributed by atoms with Crippen LogP contribution >= 0.6 is 67.8 Å². The van der Waals surface area contributed by atoms with Gasteiger partial charge in [0, 0.05) is 34.5 Å². The molecule has 0 aliphatic rings. The summed E-state index contributed by atoms with van der Waals surface area (Å²) in [6.07, 6.45) is 0. The summed E-state index contributed by atoms with van der Waals surface area (Å²) in [6.45, 7) is 2.47. The van der Waals surface area contributed by atoms with Gasteiger partial charge in [0.15, 0.2) is 0 Å². The van der Waals surface area contributed by atoms with Crippen LogP contribution in [0.2, 0.25) is 0 Å². The molecule has 1 aromatic rings. The zero-order valence-corrected chi connectivity index (χ0v) is 22.6. The van der Waals surface area contributed by atoms with Gasteiger partial charge < -0.3 is 15.1 Å². The van der Waals surface area contributed by atoms with Crippen molar-refractivity contribution in [3.8, 4) is 0 Å². The Hall–Kier alpha value is -0.270. The number of hydrogen-bond acceptors (Lipinski definition) is 5. The van der Waals surface area contributed by atoms with Gasteiger partial charge in [-0.3, -0.25) is 18.9 Å². The van der Waals surface area contributed by atoms with Crippen LogP contribution < -0.4 is 15.1 Å². The second kappa shape index (κ2) is 10.2. The molecule has 0 bridgehead atoms. The molecule has 0 radical (unpaired) electrons. The molecule has 28 heavy (non-hydrogen) atoms. The number of carbonyl (C=O) groups excluding carboxylic acids is 3. The van der Waals surface area contributed by atoms with Gasteiger partial charge in [0.25, 0.3) is 16.0 Å². The minimum atomic E-state index is -4.22. The van der Waals surface area contributed by atoms with Crippen molar-refractivity contribution in [2.75, 3.05) is 36.2 Å². The maximum Gasteiger partial charge on any atom is 0.266 e. The predicted molar refractivity (Wildman–Crippen MR) is 132 cm³/mol. The maximum absolute atomic E-state index is 12.8. The Labute approximate surface area is 204 Å². The van der Waals surface area contributed by atoms with Crippen LogP contribution in [0.15, 0.2) is 0 Å². The number of rotatable bonds is 6. The molecule has 13 heteroatoms. The van der Waals surface area contributed by atoms with Crippen LogP contribution in [0, 0.1) is 10.7 Å². The van der Waals surface area contributed by atoms with Crippen LogP contribution in [-0.2, 0) is 19.7 Å². The average molecular weight is 749 g/mol. The first-order valence-corrected chi connectivity index (χ1v) is 12.5. The molecule has 0 atom stereocenters. The molecule has 3 amide bonds. The van der Waals surface area contributed by atoms with Gasteiger partial charge in [-0.05, 0) is 67.8 Å². The average Bonchev–Trinajstić information content (AvgIpc) is 2.52. The van der Waals surface area contributed by atoms with Crippen molar-refractivity contribution in [1.82, 2.24) is 5.32 Å². The molecular formula is C15H18I3N3O6S. The predicted octanol–water partition coefficient (Wildman–Crippen LogP) is 2.08. The van der Waals surface area contributed by atoms with E-state index in [2.05, 4.69) is 5.32 Å². The van der Waals surface area contributed by atoms with Crippen LogP contribution in [0.4, 0.5) is 11.4 Å². The molecule has 0 aliphatic carbocycles. The van der Waals surface area contributed by atoms with Crippen molar-refractivity contribution < 1.29 is 27.4 Å². The summed E-state index contributed by atoms with van der Waals surface area (Å²) in [5, 5.41) is 2.45. The van der Waals surface area contributed by atoms with Crippen LogP contribution in [0.3, 0.4) is 0 Å². The summed E-state index contributed by atoms with van der Waals surface area (Å²) < 4.78 is 32.2. The van der Waals surface area contributed by atoms with E-state index in [1.807, 2.05) is 67.8 Å². The van der Waals surface area contributed by atoms with E-state index in [9.17, 15) is 22.8 Å². The van der Waals surface area contributed by atoms with E-state index >= 15 is 0 Å². The lowest BCUT2D eigenvalue weighted by atomic mass is 10.1. The highest BCUT2D eigenvalue weighted by Gasteiger charge is 2.29. The lowest BCUT2D eigenvalue weighted by molar-refractivity contribution is -0.117. The lowest BCUT2D eigenvalue weighted by Gasteiger charge is -2.27. The van der Waals surface area contributed by atoms with Crippen LogP contribution in [0.5, 0.6) is 0 Å². The summed E-state index contributed by atoms with van der Waals surface area (Å²) in [4.78, 5) is 39.4. The Morgan fingerprint density at radius 1 is 0.929 bits per heavy atom. The number of halogens is 3. The van der Waals surface area contributed by atoms with Crippen LogP contribution in [0.25, 0.3) is 0 Å². The monoisotopic (exact) mass is 749 g/mol. The number of nitrogens with zero attached hydrogens (tertiary/aromatic N) is 2. The minimum Gasteiger partial charge on any atom is -0.351 e. The van der Waals surface area contributed by atoms with E-state index in [4.69, 9.17) is 4.55 Å². The van der Waals surface area contributed by atoms with E-state index in [0.29, 0.717) is 22.1 Å². The minimum absolute atomic E-state index is 0.211. The molecule has 0 heterocycles. The van der Waals surface area contributed by atoms with E-state index in [1.54, 1.807) is 14.1 Å². The maximum atomic E-state index is 12.8. The Bertz CT molecular complexity index is 888. The lowest BCUT2D eigenvalue weighted by Crippen LogP contribution is -2.34. The third-order valence-electron chi connectivity index (χ3n) is 3.76. The van der Waals surface area contributed by atoms with E-state index in [-0.39, 0.29) is 23.9 Å². The number of hydrogen-bond donors (Lipinski definition) is 2. The van der Waals surface area contributed by atoms with Gasteiger partial charge in [-0.15, -0.1) is 0 Å². The van der Waals surface area contributed by atoms with Crippen molar-refractivity contribution in [3.05, 3.63) is 16.3 Å². The van der Waals surface area contributed by atoms with Crippen molar-refractivity contribution >= 4 is 107 Å². The van der Waals surface area contributed by atoms with Crippen molar-refractivity contribution in [1.29, 1.82) is 0 Å². The molecule has 0 aromatic heterocycles. The third-order valence-corrected chi connectivity index (χ3v) is 7.60. The fourth-order valence-corrected chi connectivity index (χ4v) is 7.59. The van der Waals surface area contributed by atoms with E-state index in [1.165, 1.54) is 23.6 Å². The summed E-state index contributed by atoms with van der Waals surface area (Å²) >= 11 is 5.92. The number of anilines is 2. The van der Waals surface area contributed by atoms with Gasteiger partial charge >= 0.3 is 0 Å². The van der Waals surface area contributed by atoms with Gasteiger partial charge in [-0.1, -0.05) is 0 Å². The third kappa shape index (κ3) is 6.11. The van der Waals surface area contributed by atoms with Gasteiger partial charge in [0.2, 0.25) is 11.8 Å². The second-order valence-corrected chi connectivity index (χ2v) is 10.5. The highest BCUT2D eigenvalue weighted by atomic mass is 127. The van der Waals surface area contributed by atoms with Crippen molar-refractivity contribution in [3.63, 3.8) is 0 Å². The first kappa shape index (κ1) is 25.8. The summed E-state index contributed by atoms with van der Waals surface area (Å²) in [7, 11) is -1.10. The van der Waals surface area contributed by atoms with Gasteiger partial charge in [-0.2, -0.15) is 8.42 Å². The Morgan fingerprint density at radius 2 is 1.32 bits per heavy atom. The smallest absolute Gasteiger partial charge is 0.266 e. The molecule has 0 saturated heterocycles. The number of nitrogens with one attached hydrogen (secondary N) is 1.